The van der Waals surface area contributed by atoms with E-state index in [1.165, 1.54) is 24.3 Å². The summed E-state index contributed by atoms with van der Waals surface area (Å²) in [5, 5.41) is 19.4. The third-order valence-electron chi connectivity index (χ3n) is 4.11. The van der Waals surface area contributed by atoms with E-state index in [1.807, 2.05) is 0 Å². The molecule has 10 heteroatoms. The molecular formula is C18H14Cl2N4O4. The molecule has 1 atom stereocenters. The smallest absolute Gasteiger partial charge is 0.319 e. The number of hydrogen-bond donors (Lipinski definition) is 3. The Hall–Kier alpha value is -3.10. The molecular weight excluding hydrogens is 407 g/mol. The number of halogens is 2. The van der Waals surface area contributed by atoms with Gasteiger partial charge in [-0.05, 0) is 30.7 Å². The van der Waals surface area contributed by atoms with Gasteiger partial charge in [0.05, 0.1) is 26.6 Å². The number of amides is 3. The van der Waals surface area contributed by atoms with Crippen molar-refractivity contribution in [3.8, 4) is 0 Å². The summed E-state index contributed by atoms with van der Waals surface area (Å²) in [6.45, 7) is 1.59. The summed E-state index contributed by atoms with van der Waals surface area (Å²) >= 11 is 12.0. The first-order chi connectivity index (χ1) is 13.3. The maximum atomic E-state index is 12.9. The van der Waals surface area contributed by atoms with E-state index in [9.17, 15) is 19.7 Å². The Morgan fingerprint density at radius 3 is 2.61 bits per heavy atom. The lowest BCUT2D eigenvalue weighted by Gasteiger charge is -2.28. The molecule has 1 aliphatic rings. The van der Waals surface area contributed by atoms with Crippen LogP contribution in [0.25, 0.3) is 0 Å². The van der Waals surface area contributed by atoms with Gasteiger partial charge in [-0.25, -0.2) is 4.79 Å². The van der Waals surface area contributed by atoms with Gasteiger partial charge in [-0.15, -0.1) is 0 Å². The van der Waals surface area contributed by atoms with Crippen molar-refractivity contribution in [3.05, 3.63) is 79.5 Å². The van der Waals surface area contributed by atoms with Crippen LogP contribution in [0.1, 0.15) is 18.5 Å². The zero-order valence-electron chi connectivity index (χ0n) is 14.5. The number of rotatable bonds is 4. The van der Waals surface area contributed by atoms with Crippen molar-refractivity contribution in [2.75, 3.05) is 5.32 Å². The number of urea groups is 1. The Morgan fingerprint density at radius 2 is 1.93 bits per heavy atom. The maximum Gasteiger partial charge on any atom is 0.319 e. The van der Waals surface area contributed by atoms with E-state index in [2.05, 4.69) is 16.0 Å². The van der Waals surface area contributed by atoms with Gasteiger partial charge in [0.15, 0.2) is 0 Å². The van der Waals surface area contributed by atoms with Gasteiger partial charge in [-0.1, -0.05) is 35.3 Å². The number of benzene rings is 2. The summed E-state index contributed by atoms with van der Waals surface area (Å²) in [7, 11) is 0. The van der Waals surface area contributed by atoms with Crippen LogP contribution in [-0.2, 0) is 4.79 Å². The fourth-order valence-electron chi connectivity index (χ4n) is 2.83. The molecule has 0 fully saturated rings. The van der Waals surface area contributed by atoms with Crippen LogP contribution in [0.4, 0.5) is 16.2 Å². The highest BCUT2D eigenvalue weighted by Crippen LogP contribution is 2.32. The molecule has 2 aromatic carbocycles. The van der Waals surface area contributed by atoms with Crippen LogP contribution in [0.5, 0.6) is 0 Å². The second-order valence-corrected chi connectivity index (χ2v) is 6.82. The first kappa shape index (κ1) is 19.7. The number of non-ortho nitro benzene ring substituents is 1. The van der Waals surface area contributed by atoms with Gasteiger partial charge in [0.1, 0.15) is 0 Å². The lowest BCUT2D eigenvalue weighted by atomic mass is 9.95. The molecule has 28 heavy (non-hydrogen) atoms. The van der Waals surface area contributed by atoms with Gasteiger partial charge in [0.25, 0.3) is 11.6 Å². The van der Waals surface area contributed by atoms with Gasteiger partial charge in [-0.2, -0.15) is 0 Å². The van der Waals surface area contributed by atoms with Crippen LogP contribution in [0.3, 0.4) is 0 Å². The number of nitrogens with zero attached hydrogens (tertiary/aromatic N) is 1. The van der Waals surface area contributed by atoms with Gasteiger partial charge in [0, 0.05) is 23.5 Å². The normalized spacial score (nSPS) is 16.2. The average molecular weight is 421 g/mol. The van der Waals surface area contributed by atoms with E-state index in [0.29, 0.717) is 16.3 Å². The first-order valence-corrected chi connectivity index (χ1v) is 8.81. The topological polar surface area (TPSA) is 113 Å². The highest BCUT2D eigenvalue weighted by atomic mass is 35.5. The lowest BCUT2D eigenvalue weighted by molar-refractivity contribution is -0.384. The third-order valence-corrected chi connectivity index (χ3v) is 4.84. The fourth-order valence-corrected chi connectivity index (χ4v) is 3.14. The molecule has 3 N–H and O–H groups in total. The third kappa shape index (κ3) is 4.08. The van der Waals surface area contributed by atoms with Crippen LogP contribution < -0.4 is 16.0 Å². The van der Waals surface area contributed by atoms with E-state index >= 15 is 0 Å². The Balaban J connectivity index is 1.96. The minimum atomic E-state index is -0.776. The van der Waals surface area contributed by atoms with Crippen molar-refractivity contribution >= 4 is 46.5 Å². The Bertz CT molecular complexity index is 1020. The molecule has 0 aromatic heterocycles. The number of carbonyl (C=O) groups excluding carboxylic acids is 2. The van der Waals surface area contributed by atoms with Crippen LogP contribution in [0.15, 0.2) is 53.7 Å². The monoisotopic (exact) mass is 420 g/mol. The van der Waals surface area contributed by atoms with Crippen LogP contribution in [0.2, 0.25) is 10.0 Å². The number of nitro benzene ring substituents is 1. The van der Waals surface area contributed by atoms with Gasteiger partial charge in [-0.3, -0.25) is 14.9 Å². The summed E-state index contributed by atoms with van der Waals surface area (Å²) in [5.74, 6) is -0.526. The predicted octanol–water partition coefficient (Wildman–Crippen LogP) is 4.17. The van der Waals surface area contributed by atoms with E-state index in [-0.39, 0.29) is 22.0 Å². The Kier molecular flexibility index (Phi) is 5.53. The summed E-state index contributed by atoms with van der Waals surface area (Å²) in [6.07, 6.45) is 0. The van der Waals surface area contributed by atoms with Crippen molar-refractivity contribution < 1.29 is 14.5 Å². The van der Waals surface area contributed by atoms with Crippen molar-refractivity contribution in [2.24, 2.45) is 0 Å². The highest BCUT2D eigenvalue weighted by molar-refractivity contribution is 6.42. The first-order valence-electron chi connectivity index (χ1n) is 8.05. The van der Waals surface area contributed by atoms with E-state index in [1.54, 1.807) is 25.1 Å². The number of hydrogen-bond acceptors (Lipinski definition) is 4. The molecule has 0 saturated carbocycles. The molecule has 0 aliphatic carbocycles. The number of anilines is 1. The highest BCUT2D eigenvalue weighted by Gasteiger charge is 2.31. The molecule has 1 heterocycles. The molecule has 8 nitrogen and oxygen atoms in total. The lowest BCUT2D eigenvalue weighted by Crippen LogP contribution is -2.45. The van der Waals surface area contributed by atoms with Crippen molar-refractivity contribution in [3.63, 3.8) is 0 Å². The minimum Gasteiger partial charge on any atom is -0.327 e. The fraction of sp³-hybridized carbons (Fsp3) is 0.111. The van der Waals surface area contributed by atoms with Gasteiger partial charge in [0.2, 0.25) is 0 Å². The number of nitro groups is 1. The molecule has 2 aromatic rings. The Labute approximate surface area is 169 Å². The van der Waals surface area contributed by atoms with E-state index in [0.717, 1.165) is 0 Å². The Morgan fingerprint density at radius 1 is 1.18 bits per heavy atom. The zero-order valence-corrected chi connectivity index (χ0v) is 16.0. The molecule has 3 amide bonds. The number of nitrogens with one attached hydrogen (secondary N) is 3. The summed E-state index contributed by atoms with van der Waals surface area (Å²) in [6, 6.07) is 9.10. The molecule has 3 rings (SSSR count). The molecule has 0 radical (unpaired) electrons. The standard InChI is InChI=1S/C18H14Cl2N4O4/c1-9-15(17(25)22-11-3-2-4-12(8-11)24(27)28)16(23-18(26)21-9)10-5-6-13(19)14(20)7-10/h2-8,16H,1H3,(H,22,25)(H2,21,23,26)/t16-/m1/s1. The number of carbonyl (C=O) groups is 2. The quantitative estimate of drug-likeness (QED) is 0.508. The number of allylic oxidation sites excluding steroid dienone is 1. The molecule has 0 unspecified atom stereocenters. The van der Waals surface area contributed by atoms with E-state index in [4.69, 9.17) is 23.2 Å². The van der Waals surface area contributed by atoms with Crippen LogP contribution in [-0.4, -0.2) is 16.9 Å². The van der Waals surface area contributed by atoms with Crippen molar-refractivity contribution in [1.29, 1.82) is 0 Å². The van der Waals surface area contributed by atoms with Gasteiger partial charge < -0.3 is 16.0 Å². The second kappa shape index (κ2) is 7.87. The zero-order chi connectivity index (χ0) is 20.4. The largest absolute Gasteiger partial charge is 0.327 e. The minimum absolute atomic E-state index is 0.153. The summed E-state index contributed by atoms with van der Waals surface area (Å²) in [4.78, 5) is 35.2. The summed E-state index contributed by atoms with van der Waals surface area (Å²) < 4.78 is 0. The molecule has 0 saturated heterocycles. The summed E-state index contributed by atoms with van der Waals surface area (Å²) in [5.41, 5.74) is 1.25. The van der Waals surface area contributed by atoms with Gasteiger partial charge >= 0.3 is 6.03 Å². The van der Waals surface area contributed by atoms with E-state index < -0.39 is 22.9 Å². The predicted molar refractivity (Wildman–Crippen MR) is 105 cm³/mol. The SMILES string of the molecule is CC1=C(C(=O)Nc2cccc([N+](=O)[O-])c2)[C@@H](c2ccc(Cl)c(Cl)c2)NC(=O)N1. The van der Waals surface area contributed by atoms with Crippen molar-refractivity contribution in [1.82, 2.24) is 10.6 Å². The molecule has 0 spiro atoms. The van der Waals surface area contributed by atoms with Crippen LogP contribution >= 0.6 is 23.2 Å². The maximum absolute atomic E-state index is 12.9. The average Bonchev–Trinajstić information content (AvgIpc) is 2.63. The van der Waals surface area contributed by atoms with Crippen LogP contribution in [0, 0.1) is 10.1 Å². The molecule has 144 valence electrons. The molecule has 1 aliphatic heterocycles. The molecule has 0 bridgehead atoms. The van der Waals surface area contributed by atoms with Crippen molar-refractivity contribution in [2.45, 2.75) is 13.0 Å². The second-order valence-electron chi connectivity index (χ2n) is 6.01.